The Bertz CT molecular complexity index is 991. The van der Waals surface area contributed by atoms with Crippen molar-refractivity contribution in [1.29, 1.82) is 0 Å². The summed E-state index contributed by atoms with van der Waals surface area (Å²) in [6.45, 7) is 1.72. The lowest BCUT2D eigenvalue weighted by Gasteiger charge is -2.12. The van der Waals surface area contributed by atoms with Crippen LogP contribution < -0.4 is 4.90 Å². The summed E-state index contributed by atoms with van der Waals surface area (Å²) in [6.07, 6.45) is -2.54. The van der Waals surface area contributed by atoms with Gasteiger partial charge < -0.3 is 0 Å². The fourth-order valence-electron chi connectivity index (χ4n) is 3.07. The van der Waals surface area contributed by atoms with Crippen molar-refractivity contribution in [1.82, 2.24) is 10.2 Å². The number of benzene rings is 2. The predicted octanol–water partition coefficient (Wildman–Crippen LogP) is 4.12. The van der Waals surface area contributed by atoms with Gasteiger partial charge in [0.1, 0.15) is 5.82 Å². The Morgan fingerprint density at radius 1 is 0.962 bits per heavy atom. The van der Waals surface area contributed by atoms with E-state index in [4.69, 9.17) is 0 Å². The summed E-state index contributed by atoms with van der Waals surface area (Å²) in [6, 6.07) is 12.3. The SMILES string of the molecule is Cc1c(-c2ccc(C(F)F)cc2)n[nH]c1N1C(=O)c2ccccc2C1=O. The minimum atomic E-state index is -2.54. The summed E-state index contributed by atoms with van der Waals surface area (Å²) in [4.78, 5) is 26.3. The summed E-state index contributed by atoms with van der Waals surface area (Å²) in [5.74, 6) is -0.557. The summed E-state index contributed by atoms with van der Waals surface area (Å²) < 4.78 is 25.4. The fraction of sp³-hybridized carbons (Fsp3) is 0.105. The van der Waals surface area contributed by atoms with Gasteiger partial charge in [-0.15, -0.1) is 0 Å². The Labute approximate surface area is 147 Å². The van der Waals surface area contributed by atoms with E-state index in [9.17, 15) is 18.4 Å². The van der Waals surface area contributed by atoms with E-state index in [0.29, 0.717) is 27.9 Å². The molecule has 2 amide bonds. The Hall–Kier alpha value is -3.35. The van der Waals surface area contributed by atoms with Gasteiger partial charge in [-0.2, -0.15) is 5.10 Å². The van der Waals surface area contributed by atoms with Gasteiger partial charge in [0, 0.05) is 16.7 Å². The van der Waals surface area contributed by atoms with E-state index in [-0.39, 0.29) is 11.4 Å². The van der Waals surface area contributed by atoms with Crippen LogP contribution in [0.2, 0.25) is 0 Å². The summed E-state index contributed by atoms with van der Waals surface area (Å²) >= 11 is 0. The van der Waals surface area contributed by atoms with E-state index in [2.05, 4.69) is 10.2 Å². The first-order valence-electron chi connectivity index (χ1n) is 7.90. The average Bonchev–Trinajstić information content (AvgIpc) is 3.13. The number of aromatic amines is 1. The molecule has 1 aliphatic heterocycles. The van der Waals surface area contributed by atoms with E-state index in [0.717, 1.165) is 4.90 Å². The third-order valence-electron chi connectivity index (χ3n) is 4.44. The molecule has 0 unspecified atom stereocenters. The van der Waals surface area contributed by atoms with Crippen molar-refractivity contribution in [3.8, 4) is 11.3 Å². The number of nitrogens with one attached hydrogen (secondary N) is 1. The lowest BCUT2D eigenvalue weighted by molar-refractivity contribution is 0.0924. The van der Waals surface area contributed by atoms with Crippen LogP contribution in [-0.4, -0.2) is 22.0 Å². The van der Waals surface area contributed by atoms with E-state index in [1.807, 2.05) is 0 Å². The van der Waals surface area contributed by atoms with Gasteiger partial charge in [-0.05, 0) is 19.1 Å². The van der Waals surface area contributed by atoms with Crippen LogP contribution in [0.5, 0.6) is 0 Å². The minimum Gasteiger partial charge on any atom is -0.268 e. The van der Waals surface area contributed by atoms with E-state index >= 15 is 0 Å². The Morgan fingerprint density at radius 2 is 1.54 bits per heavy atom. The molecule has 0 saturated heterocycles. The summed E-state index contributed by atoms with van der Waals surface area (Å²) in [7, 11) is 0. The maximum absolute atomic E-state index is 12.7. The highest BCUT2D eigenvalue weighted by atomic mass is 19.3. The third-order valence-corrected chi connectivity index (χ3v) is 4.44. The normalized spacial score (nSPS) is 13.6. The number of carbonyl (C=O) groups excluding carboxylic acids is 2. The summed E-state index contributed by atoms with van der Waals surface area (Å²) in [5, 5.41) is 6.91. The Balaban J connectivity index is 1.73. The molecule has 5 nitrogen and oxygen atoms in total. The molecule has 0 fully saturated rings. The van der Waals surface area contributed by atoms with Crippen molar-refractivity contribution in [2.24, 2.45) is 0 Å². The molecule has 0 aliphatic carbocycles. The molecule has 26 heavy (non-hydrogen) atoms. The van der Waals surface area contributed by atoms with Gasteiger partial charge in [0.25, 0.3) is 18.2 Å². The van der Waals surface area contributed by atoms with Crippen LogP contribution in [-0.2, 0) is 0 Å². The standard InChI is InChI=1S/C19H13F2N3O2/c1-10-15(11-6-8-12(9-7-11)16(20)21)22-23-17(10)24-18(25)13-4-2-3-5-14(13)19(24)26/h2-9,16H,1H3,(H,22,23). The van der Waals surface area contributed by atoms with Gasteiger partial charge in [-0.1, -0.05) is 36.4 Å². The highest BCUT2D eigenvalue weighted by molar-refractivity contribution is 6.34. The number of hydrogen-bond acceptors (Lipinski definition) is 3. The first-order chi connectivity index (χ1) is 12.5. The summed E-state index contributed by atoms with van der Waals surface area (Å²) in [5.41, 5.74) is 2.30. The fourth-order valence-corrected chi connectivity index (χ4v) is 3.07. The van der Waals surface area contributed by atoms with Gasteiger partial charge in [0.05, 0.1) is 16.8 Å². The number of carbonyl (C=O) groups is 2. The van der Waals surface area contributed by atoms with Crippen LogP contribution in [0.3, 0.4) is 0 Å². The van der Waals surface area contributed by atoms with Crippen molar-refractivity contribution in [3.63, 3.8) is 0 Å². The van der Waals surface area contributed by atoms with Crippen molar-refractivity contribution in [3.05, 3.63) is 70.8 Å². The quantitative estimate of drug-likeness (QED) is 0.720. The zero-order chi connectivity index (χ0) is 18.4. The number of fused-ring (bicyclic) bond motifs is 1. The van der Waals surface area contributed by atoms with Crippen LogP contribution in [0.25, 0.3) is 11.3 Å². The zero-order valence-electron chi connectivity index (χ0n) is 13.7. The molecule has 0 radical (unpaired) electrons. The number of H-pyrrole nitrogens is 1. The van der Waals surface area contributed by atoms with Crippen LogP contribution in [0.4, 0.5) is 14.6 Å². The first-order valence-corrected chi connectivity index (χ1v) is 7.90. The second-order valence-electron chi connectivity index (χ2n) is 5.96. The molecular weight excluding hydrogens is 340 g/mol. The van der Waals surface area contributed by atoms with Gasteiger partial charge >= 0.3 is 0 Å². The van der Waals surface area contributed by atoms with Crippen LogP contribution in [0.1, 0.15) is 38.3 Å². The second-order valence-corrected chi connectivity index (χ2v) is 5.96. The van der Waals surface area contributed by atoms with E-state index in [1.165, 1.54) is 24.3 Å². The van der Waals surface area contributed by atoms with Crippen molar-refractivity contribution < 1.29 is 18.4 Å². The van der Waals surface area contributed by atoms with Crippen LogP contribution in [0, 0.1) is 6.92 Å². The Kier molecular flexibility index (Phi) is 3.64. The monoisotopic (exact) mass is 353 g/mol. The minimum absolute atomic E-state index is 0.0810. The number of nitrogens with zero attached hydrogens (tertiary/aromatic N) is 2. The number of hydrogen-bond donors (Lipinski definition) is 1. The third kappa shape index (κ3) is 2.32. The highest BCUT2D eigenvalue weighted by Crippen LogP contribution is 2.33. The predicted molar refractivity (Wildman–Crippen MR) is 91.3 cm³/mol. The maximum atomic E-state index is 12.7. The lowest BCUT2D eigenvalue weighted by Crippen LogP contribution is -2.30. The zero-order valence-corrected chi connectivity index (χ0v) is 13.7. The van der Waals surface area contributed by atoms with E-state index in [1.54, 1.807) is 31.2 Å². The molecule has 2 heterocycles. The molecule has 3 aromatic rings. The van der Waals surface area contributed by atoms with Crippen molar-refractivity contribution in [2.75, 3.05) is 4.90 Å². The van der Waals surface area contributed by atoms with Gasteiger partial charge in [-0.3, -0.25) is 14.7 Å². The number of alkyl halides is 2. The van der Waals surface area contributed by atoms with Crippen molar-refractivity contribution in [2.45, 2.75) is 13.3 Å². The lowest BCUT2D eigenvalue weighted by atomic mass is 10.1. The molecule has 2 aromatic carbocycles. The highest BCUT2D eigenvalue weighted by Gasteiger charge is 2.38. The molecule has 1 N–H and O–H groups in total. The second kappa shape index (κ2) is 5.87. The average molecular weight is 353 g/mol. The molecule has 1 aliphatic rings. The molecular formula is C19H13F2N3O2. The first kappa shape index (κ1) is 16.1. The molecule has 130 valence electrons. The molecule has 7 heteroatoms. The number of amides is 2. The Morgan fingerprint density at radius 3 is 2.08 bits per heavy atom. The number of anilines is 1. The molecule has 1 aromatic heterocycles. The van der Waals surface area contributed by atoms with Crippen LogP contribution >= 0.6 is 0 Å². The smallest absolute Gasteiger partial charge is 0.267 e. The van der Waals surface area contributed by atoms with Gasteiger partial charge in [-0.25, -0.2) is 13.7 Å². The number of aromatic nitrogens is 2. The largest absolute Gasteiger partial charge is 0.268 e. The van der Waals surface area contributed by atoms with Crippen molar-refractivity contribution >= 4 is 17.6 Å². The number of rotatable bonds is 3. The molecule has 0 atom stereocenters. The number of imide groups is 1. The van der Waals surface area contributed by atoms with Gasteiger partial charge in [0.2, 0.25) is 0 Å². The maximum Gasteiger partial charge on any atom is 0.267 e. The van der Waals surface area contributed by atoms with E-state index < -0.39 is 18.2 Å². The topological polar surface area (TPSA) is 66.1 Å². The molecule has 4 rings (SSSR count). The molecule has 0 saturated carbocycles. The molecule has 0 spiro atoms. The van der Waals surface area contributed by atoms with Crippen LogP contribution in [0.15, 0.2) is 48.5 Å². The van der Waals surface area contributed by atoms with Gasteiger partial charge in [0.15, 0.2) is 0 Å². The number of halogens is 2. The molecule has 0 bridgehead atoms.